The fourth-order valence-corrected chi connectivity index (χ4v) is 3.16. The van der Waals surface area contributed by atoms with Crippen LogP contribution in [0, 0.1) is 25.2 Å². The third-order valence-electron chi connectivity index (χ3n) is 4.23. The van der Waals surface area contributed by atoms with Crippen molar-refractivity contribution < 1.29 is 4.74 Å². The van der Waals surface area contributed by atoms with Gasteiger partial charge < -0.3 is 10.1 Å². The monoisotopic (exact) mass is 331 g/mol. The number of nitriles is 1. The minimum atomic E-state index is -0.0771. The van der Waals surface area contributed by atoms with Gasteiger partial charge in [0.25, 0.3) is 0 Å². The molecule has 0 unspecified atom stereocenters. The second-order valence-corrected chi connectivity index (χ2v) is 6.08. The Kier molecular flexibility index (Phi) is 4.24. The van der Waals surface area contributed by atoms with Crippen LogP contribution in [0.25, 0.3) is 0 Å². The van der Waals surface area contributed by atoms with Crippen LogP contribution >= 0.6 is 11.6 Å². The molecule has 0 bridgehead atoms. The van der Waals surface area contributed by atoms with Crippen LogP contribution in [0.5, 0.6) is 0 Å². The van der Waals surface area contributed by atoms with Crippen molar-refractivity contribution in [2.75, 3.05) is 11.9 Å². The van der Waals surface area contributed by atoms with E-state index >= 15 is 0 Å². The topological polar surface area (TPSA) is 75.8 Å². The molecule has 0 saturated carbocycles. The molecule has 0 spiro atoms. The van der Waals surface area contributed by atoms with Gasteiger partial charge in [0.2, 0.25) is 0 Å². The summed E-state index contributed by atoms with van der Waals surface area (Å²) < 4.78 is 7.82. The van der Waals surface area contributed by atoms with Gasteiger partial charge in [-0.05, 0) is 32.4 Å². The highest BCUT2D eigenvalue weighted by atomic mass is 35.5. The zero-order valence-electron chi connectivity index (χ0n) is 13.3. The van der Waals surface area contributed by atoms with Crippen molar-refractivity contribution in [3.63, 3.8) is 0 Å². The van der Waals surface area contributed by atoms with E-state index in [2.05, 4.69) is 15.4 Å². The fourth-order valence-electron chi connectivity index (χ4n) is 3.01. The van der Waals surface area contributed by atoms with E-state index in [1.54, 1.807) is 12.1 Å². The summed E-state index contributed by atoms with van der Waals surface area (Å²) in [7, 11) is 1.93. The van der Waals surface area contributed by atoms with Crippen LogP contribution in [0.1, 0.15) is 35.2 Å². The molecule has 0 amide bonds. The van der Waals surface area contributed by atoms with Gasteiger partial charge in [-0.1, -0.05) is 11.6 Å². The van der Waals surface area contributed by atoms with Gasteiger partial charge in [-0.25, -0.2) is 4.98 Å². The lowest BCUT2D eigenvalue weighted by Crippen LogP contribution is -2.24. The van der Waals surface area contributed by atoms with Crippen LogP contribution < -0.4 is 5.32 Å². The van der Waals surface area contributed by atoms with E-state index in [0.29, 0.717) is 17.4 Å². The molecule has 1 aliphatic heterocycles. The van der Waals surface area contributed by atoms with E-state index in [0.717, 1.165) is 23.4 Å². The molecule has 3 heterocycles. The Morgan fingerprint density at radius 3 is 2.87 bits per heavy atom. The predicted molar refractivity (Wildman–Crippen MR) is 87.4 cm³/mol. The summed E-state index contributed by atoms with van der Waals surface area (Å²) in [4.78, 5) is 4.25. The maximum Gasteiger partial charge on any atom is 0.161 e. The number of nitrogens with zero attached hydrogens (tertiary/aromatic N) is 4. The maximum atomic E-state index is 9.05. The van der Waals surface area contributed by atoms with Crippen LogP contribution in [0.3, 0.4) is 0 Å². The van der Waals surface area contributed by atoms with E-state index in [1.165, 1.54) is 0 Å². The summed E-state index contributed by atoms with van der Waals surface area (Å²) in [5.74, 6) is 0.630. The Bertz CT molecular complexity index is 780. The normalized spacial score (nSPS) is 20.5. The fraction of sp³-hybridized carbons (Fsp3) is 0.438. The summed E-state index contributed by atoms with van der Waals surface area (Å²) in [5, 5.41) is 17.2. The first-order chi connectivity index (χ1) is 11.0. The molecule has 1 saturated heterocycles. The highest BCUT2D eigenvalue weighted by Crippen LogP contribution is 2.34. The summed E-state index contributed by atoms with van der Waals surface area (Å²) in [6, 6.07) is 5.54. The molecular formula is C16H18ClN5O. The molecule has 23 heavy (non-hydrogen) atoms. The minimum absolute atomic E-state index is 0.0771. The van der Waals surface area contributed by atoms with E-state index in [9.17, 15) is 0 Å². The zero-order chi connectivity index (χ0) is 16.6. The molecule has 3 rings (SSSR count). The standard InChI is InChI=1S/C16H18ClN5O/c1-9-15(10(2)22(3)21-9)16-12(6-7-23-16)19-14-5-4-11(17)13(8-18)20-14/h4-5,12,16H,6-7H2,1-3H3,(H,19,20)/t12-,16-/m0/s1. The molecule has 1 fully saturated rings. The van der Waals surface area contributed by atoms with Gasteiger partial charge in [0, 0.05) is 24.9 Å². The van der Waals surface area contributed by atoms with Crippen molar-refractivity contribution in [3.8, 4) is 6.07 Å². The van der Waals surface area contributed by atoms with Crippen molar-refractivity contribution in [3.05, 3.63) is 39.8 Å². The number of ether oxygens (including phenoxy) is 1. The summed E-state index contributed by atoms with van der Waals surface area (Å²) in [5.41, 5.74) is 3.42. The van der Waals surface area contributed by atoms with Gasteiger partial charge in [0.15, 0.2) is 5.69 Å². The van der Waals surface area contributed by atoms with E-state index in [4.69, 9.17) is 21.6 Å². The number of hydrogen-bond acceptors (Lipinski definition) is 5. The lowest BCUT2D eigenvalue weighted by molar-refractivity contribution is 0.106. The number of aromatic nitrogens is 3. The first kappa shape index (κ1) is 15.8. The quantitative estimate of drug-likeness (QED) is 0.935. The molecule has 2 aromatic rings. The van der Waals surface area contributed by atoms with Crippen molar-refractivity contribution in [2.24, 2.45) is 7.05 Å². The van der Waals surface area contributed by atoms with Crippen LogP contribution in [0.15, 0.2) is 12.1 Å². The van der Waals surface area contributed by atoms with E-state index in [1.807, 2.05) is 31.6 Å². The van der Waals surface area contributed by atoms with Crippen LogP contribution in [-0.2, 0) is 11.8 Å². The number of halogens is 1. The molecule has 6 nitrogen and oxygen atoms in total. The summed E-state index contributed by atoms with van der Waals surface area (Å²) in [6.07, 6.45) is 0.789. The lowest BCUT2D eigenvalue weighted by atomic mass is 10.0. The van der Waals surface area contributed by atoms with Crippen molar-refractivity contribution in [2.45, 2.75) is 32.4 Å². The second-order valence-electron chi connectivity index (χ2n) is 5.68. The lowest BCUT2D eigenvalue weighted by Gasteiger charge is -2.21. The van der Waals surface area contributed by atoms with Crippen molar-refractivity contribution >= 4 is 17.4 Å². The summed E-state index contributed by atoms with van der Waals surface area (Å²) in [6.45, 7) is 4.71. The van der Waals surface area contributed by atoms with Crippen LogP contribution in [0.2, 0.25) is 5.02 Å². The molecule has 0 radical (unpaired) electrons. The van der Waals surface area contributed by atoms with Crippen LogP contribution in [0.4, 0.5) is 5.82 Å². The maximum absolute atomic E-state index is 9.05. The SMILES string of the molecule is Cc1nn(C)c(C)c1[C@H]1OCC[C@@H]1Nc1ccc(Cl)c(C#N)n1. The number of pyridine rings is 1. The molecule has 2 atom stereocenters. The van der Waals surface area contributed by atoms with Gasteiger partial charge in [0.1, 0.15) is 18.0 Å². The van der Waals surface area contributed by atoms with Crippen molar-refractivity contribution in [1.29, 1.82) is 5.26 Å². The first-order valence-electron chi connectivity index (χ1n) is 7.46. The molecule has 1 N–H and O–H groups in total. The molecular weight excluding hydrogens is 314 g/mol. The molecule has 0 aliphatic carbocycles. The Balaban J connectivity index is 1.87. The third kappa shape index (κ3) is 2.90. The number of rotatable bonds is 3. The van der Waals surface area contributed by atoms with Gasteiger partial charge in [0.05, 0.1) is 16.8 Å². The van der Waals surface area contributed by atoms with E-state index < -0.39 is 0 Å². The number of nitrogens with one attached hydrogen (secondary N) is 1. The van der Waals surface area contributed by atoms with Gasteiger partial charge in [-0.15, -0.1) is 0 Å². The summed E-state index contributed by atoms with van der Waals surface area (Å²) >= 11 is 5.93. The number of hydrogen-bond donors (Lipinski definition) is 1. The molecule has 120 valence electrons. The Labute approximate surface area is 140 Å². The smallest absolute Gasteiger partial charge is 0.161 e. The van der Waals surface area contributed by atoms with Crippen LogP contribution in [-0.4, -0.2) is 27.4 Å². The number of anilines is 1. The molecule has 0 aromatic carbocycles. The average molecular weight is 332 g/mol. The van der Waals surface area contributed by atoms with Gasteiger partial charge in [-0.2, -0.15) is 10.4 Å². The Morgan fingerprint density at radius 1 is 1.43 bits per heavy atom. The predicted octanol–water partition coefficient (Wildman–Crippen LogP) is 2.90. The van der Waals surface area contributed by atoms with Crippen molar-refractivity contribution in [1.82, 2.24) is 14.8 Å². The molecule has 1 aliphatic rings. The highest BCUT2D eigenvalue weighted by Gasteiger charge is 2.33. The highest BCUT2D eigenvalue weighted by molar-refractivity contribution is 6.31. The third-order valence-corrected chi connectivity index (χ3v) is 4.53. The molecule has 2 aromatic heterocycles. The zero-order valence-corrected chi connectivity index (χ0v) is 14.1. The number of aryl methyl sites for hydroxylation is 2. The average Bonchev–Trinajstić information content (AvgIpc) is 3.06. The second kappa shape index (κ2) is 6.19. The Morgan fingerprint density at radius 2 is 2.22 bits per heavy atom. The van der Waals surface area contributed by atoms with Gasteiger partial charge in [-0.3, -0.25) is 4.68 Å². The first-order valence-corrected chi connectivity index (χ1v) is 7.84. The largest absolute Gasteiger partial charge is 0.371 e. The van der Waals surface area contributed by atoms with E-state index in [-0.39, 0.29) is 17.8 Å². The Hall–Kier alpha value is -2.10. The minimum Gasteiger partial charge on any atom is -0.371 e. The molecule has 7 heteroatoms. The van der Waals surface area contributed by atoms with Gasteiger partial charge >= 0.3 is 0 Å².